The maximum absolute atomic E-state index is 13.4. The van der Waals surface area contributed by atoms with Gasteiger partial charge in [0.05, 0.1) is 11.0 Å². The number of amides is 1. The van der Waals surface area contributed by atoms with Crippen LogP contribution < -0.4 is 10.4 Å². The largest absolute Gasteiger partial charge is 0.754 e. The minimum atomic E-state index is 0.000954. The number of hydrogen-bond acceptors (Lipinski definition) is 4. The van der Waals surface area contributed by atoms with Crippen molar-refractivity contribution in [3.63, 3.8) is 0 Å². The van der Waals surface area contributed by atoms with Gasteiger partial charge in [-0.2, -0.15) is 0 Å². The number of carbonyl (C=O) groups is 1. The smallest absolute Gasteiger partial charge is 0.251 e. The number of rotatable bonds is 5. The van der Waals surface area contributed by atoms with Crippen molar-refractivity contribution in [3.8, 4) is 11.4 Å². The van der Waals surface area contributed by atoms with Crippen LogP contribution in [0.1, 0.15) is 48.9 Å². The number of nitrogens with one attached hydrogen (secondary N) is 2. The molecule has 1 heterocycles. The van der Waals surface area contributed by atoms with Crippen molar-refractivity contribution >= 4 is 28.3 Å². The average Bonchev–Trinajstić information content (AvgIpc) is 3.49. The summed E-state index contributed by atoms with van der Waals surface area (Å²) in [5.74, 6) is 3.31. The molecular weight excluding hydrogens is 460 g/mol. The summed E-state index contributed by atoms with van der Waals surface area (Å²) in [6, 6.07) is 22.3. The number of imidazole rings is 1. The number of para-hydroxylation sites is 1. The fourth-order valence-electron chi connectivity index (χ4n) is 8.57. The molecule has 4 saturated carbocycles. The predicted molar refractivity (Wildman–Crippen MR) is 144 cm³/mol. The number of aromatic nitrogens is 2. The first-order valence-electron chi connectivity index (χ1n) is 13.5. The maximum atomic E-state index is 13.4. The Bertz CT molecular complexity index is 1530. The average molecular weight is 490 g/mol. The summed E-state index contributed by atoms with van der Waals surface area (Å²) in [6.45, 7) is 0. The SMILES string of the molecule is O=C(NC12C[C@H]3C[C@@H]4C[C@@H](C1)C4(C3)C2)c1ccc2nc(-c3ccc(N([O-])c4ccccc4)cc3)[nH]c2c1. The topological polar surface area (TPSA) is 84.1 Å². The molecule has 2 N–H and O–H groups in total. The van der Waals surface area contributed by atoms with Crippen molar-refractivity contribution in [1.82, 2.24) is 15.3 Å². The van der Waals surface area contributed by atoms with Gasteiger partial charge >= 0.3 is 0 Å². The van der Waals surface area contributed by atoms with Crippen LogP contribution in [0.4, 0.5) is 11.4 Å². The molecule has 4 aliphatic rings. The molecule has 37 heavy (non-hydrogen) atoms. The van der Waals surface area contributed by atoms with Gasteiger partial charge in [0.1, 0.15) is 5.82 Å². The molecule has 0 saturated heterocycles. The second-order valence-electron chi connectivity index (χ2n) is 12.0. The summed E-state index contributed by atoms with van der Waals surface area (Å²) in [5.41, 5.74) is 4.94. The van der Waals surface area contributed by atoms with Gasteiger partial charge in [-0.3, -0.25) is 4.79 Å². The third-order valence-corrected chi connectivity index (χ3v) is 9.95. The normalized spacial score (nSPS) is 30.8. The number of fused-ring (bicyclic) bond motifs is 3. The third kappa shape index (κ3) is 3.15. The Balaban J connectivity index is 1.02. The van der Waals surface area contributed by atoms with Gasteiger partial charge in [-0.25, -0.2) is 4.98 Å². The van der Waals surface area contributed by atoms with Crippen LogP contribution in [0.5, 0.6) is 0 Å². The van der Waals surface area contributed by atoms with E-state index in [9.17, 15) is 10.0 Å². The number of nitrogens with zero attached hydrogens (tertiary/aromatic N) is 2. The molecule has 0 radical (unpaired) electrons. The molecule has 4 fully saturated rings. The second kappa shape index (κ2) is 7.45. The number of H-pyrrole nitrogens is 1. The number of benzene rings is 3. The van der Waals surface area contributed by atoms with E-state index in [-0.39, 0.29) is 11.4 Å². The first-order valence-corrected chi connectivity index (χ1v) is 13.5. The summed E-state index contributed by atoms with van der Waals surface area (Å²) in [4.78, 5) is 21.5. The molecule has 1 aromatic heterocycles. The molecule has 6 nitrogen and oxygen atoms in total. The van der Waals surface area contributed by atoms with E-state index in [1.54, 1.807) is 24.3 Å². The van der Waals surface area contributed by atoms with E-state index in [2.05, 4.69) is 10.3 Å². The van der Waals surface area contributed by atoms with Gasteiger partial charge in [0.15, 0.2) is 0 Å². The highest BCUT2D eigenvalue weighted by atomic mass is 16.5. The molecule has 1 spiro atoms. The molecule has 4 aliphatic carbocycles. The van der Waals surface area contributed by atoms with Gasteiger partial charge in [-0.05, 0) is 116 Å². The molecule has 186 valence electrons. The summed E-state index contributed by atoms with van der Waals surface area (Å²) < 4.78 is 0. The van der Waals surface area contributed by atoms with Crippen molar-refractivity contribution in [3.05, 3.63) is 83.6 Å². The van der Waals surface area contributed by atoms with Crippen molar-refractivity contribution < 1.29 is 4.79 Å². The standard InChI is InChI=1S/C31H29N4O2/c36-29(34-30-15-19-12-22-14-23(17-30)31(22,16-19)18-30)21-8-11-26-27(13-21)33-28(32-26)20-6-9-25(10-7-20)35(37)24-4-2-1-3-5-24/h1-11,13,19,22-23H,12,14-18H2,(H,32,33)(H,34,36)/q-1/t19-,22-,23+,30?,31?/m1/s1. The van der Waals surface area contributed by atoms with Gasteiger partial charge in [-0.1, -0.05) is 18.2 Å². The Morgan fingerprint density at radius 1 is 0.946 bits per heavy atom. The fourth-order valence-corrected chi connectivity index (χ4v) is 8.57. The lowest BCUT2D eigenvalue weighted by atomic mass is 9.56. The van der Waals surface area contributed by atoms with E-state index < -0.39 is 0 Å². The lowest BCUT2D eigenvalue weighted by Crippen LogP contribution is -2.50. The van der Waals surface area contributed by atoms with E-state index >= 15 is 0 Å². The molecule has 6 heteroatoms. The van der Waals surface area contributed by atoms with Crippen LogP contribution in [0.2, 0.25) is 0 Å². The fraction of sp³-hybridized carbons (Fsp3) is 0.355. The lowest BCUT2D eigenvalue weighted by molar-refractivity contribution is -0.000690. The number of aromatic amines is 1. The van der Waals surface area contributed by atoms with Crippen LogP contribution in [-0.4, -0.2) is 21.4 Å². The minimum Gasteiger partial charge on any atom is -0.754 e. The molecule has 1 amide bonds. The Labute approximate surface area is 215 Å². The van der Waals surface area contributed by atoms with Crippen molar-refractivity contribution in [2.45, 2.75) is 44.1 Å². The number of anilines is 2. The maximum Gasteiger partial charge on any atom is 0.251 e. The highest BCUT2D eigenvalue weighted by molar-refractivity contribution is 5.98. The monoisotopic (exact) mass is 489 g/mol. The molecule has 5 atom stereocenters. The number of carbonyl (C=O) groups excluding carboxylic acids is 1. The summed E-state index contributed by atoms with van der Waals surface area (Å²) >= 11 is 0. The van der Waals surface area contributed by atoms with E-state index in [1.165, 1.54) is 32.1 Å². The summed E-state index contributed by atoms with van der Waals surface area (Å²) in [6.07, 6.45) is 7.69. The van der Waals surface area contributed by atoms with Gasteiger partial charge < -0.3 is 20.6 Å². The zero-order valence-electron chi connectivity index (χ0n) is 20.6. The molecule has 8 rings (SSSR count). The zero-order chi connectivity index (χ0) is 24.8. The Morgan fingerprint density at radius 3 is 2.59 bits per heavy atom. The zero-order valence-corrected chi connectivity index (χ0v) is 20.6. The minimum absolute atomic E-state index is 0.000954. The number of hydrogen-bond donors (Lipinski definition) is 2. The highest BCUT2D eigenvalue weighted by Crippen LogP contribution is 2.76. The van der Waals surface area contributed by atoms with Crippen LogP contribution in [0.3, 0.4) is 0 Å². The molecule has 3 aromatic carbocycles. The van der Waals surface area contributed by atoms with Crippen molar-refractivity contribution in [2.24, 2.45) is 23.2 Å². The Hall–Kier alpha value is -3.64. The highest BCUT2D eigenvalue weighted by Gasteiger charge is 2.71. The van der Waals surface area contributed by atoms with Crippen LogP contribution >= 0.6 is 0 Å². The first-order chi connectivity index (χ1) is 18.0. The lowest BCUT2D eigenvalue weighted by Gasteiger charge is -2.49. The van der Waals surface area contributed by atoms with Crippen LogP contribution in [0, 0.1) is 28.4 Å². The van der Waals surface area contributed by atoms with E-state index in [0.29, 0.717) is 22.4 Å². The van der Waals surface area contributed by atoms with Gasteiger partial charge in [0.25, 0.3) is 5.91 Å². The molecule has 2 unspecified atom stereocenters. The molecule has 4 aromatic rings. The summed E-state index contributed by atoms with van der Waals surface area (Å²) in [5, 5.41) is 17.1. The van der Waals surface area contributed by atoms with Crippen LogP contribution in [0.15, 0.2) is 72.8 Å². The predicted octanol–water partition coefficient (Wildman–Crippen LogP) is 6.56. The van der Waals surface area contributed by atoms with Gasteiger partial charge in [0.2, 0.25) is 0 Å². The van der Waals surface area contributed by atoms with Crippen LogP contribution in [0.25, 0.3) is 22.4 Å². The van der Waals surface area contributed by atoms with Gasteiger partial charge in [-0.15, -0.1) is 0 Å². The first kappa shape index (κ1) is 21.4. The summed E-state index contributed by atoms with van der Waals surface area (Å²) in [7, 11) is 0. The van der Waals surface area contributed by atoms with Gasteiger partial charge in [0, 0.05) is 28.0 Å². The van der Waals surface area contributed by atoms with E-state index in [4.69, 9.17) is 4.98 Å². The van der Waals surface area contributed by atoms with Crippen molar-refractivity contribution in [1.29, 1.82) is 0 Å². The molecule has 0 aliphatic heterocycles. The van der Waals surface area contributed by atoms with E-state index in [0.717, 1.165) is 51.7 Å². The van der Waals surface area contributed by atoms with E-state index in [1.807, 2.05) is 48.5 Å². The van der Waals surface area contributed by atoms with Crippen LogP contribution in [-0.2, 0) is 0 Å². The molecule has 3 bridgehead atoms. The second-order valence-corrected chi connectivity index (χ2v) is 12.0. The Morgan fingerprint density at radius 2 is 1.76 bits per heavy atom. The van der Waals surface area contributed by atoms with Crippen molar-refractivity contribution in [2.75, 3.05) is 5.06 Å². The third-order valence-electron chi connectivity index (χ3n) is 9.95. The Kier molecular flexibility index (Phi) is 4.32. The molecular formula is C31H29N4O2-. The quantitative estimate of drug-likeness (QED) is 0.311.